The predicted octanol–water partition coefficient (Wildman–Crippen LogP) is 3.35. The van der Waals surface area contributed by atoms with E-state index in [1.807, 2.05) is 6.08 Å². The maximum absolute atomic E-state index is 13.6. The number of rotatable bonds is 8. The van der Waals surface area contributed by atoms with Crippen molar-refractivity contribution < 1.29 is 9.50 Å². The summed E-state index contributed by atoms with van der Waals surface area (Å²) in [6, 6.07) is 4.97. The fourth-order valence-electron chi connectivity index (χ4n) is 1.77. The number of unbranched alkanes of at least 4 members (excludes halogenated alkanes) is 1. The summed E-state index contributed by atoms with van der Waals surface area (Å²) in [5.74, 6) is -0.186. The monoisotopic (exact) mass is 315 g/mol. The van der Waals surface area contributed by atoms with Crippen LogP contribution in [0, 0.1) is 5.82 Å². The van der Waals surface area contributed by atoms with Crippen molar-refractivity contribution in [3.05, 3.63) is 46.7 Å². The van der Waals surface area contributed by atoms with Crippen LogP contribution in [-0.4, -0.2) is 29.7 Å². The molecule has 0 aliphatic carbocycles. The normalized spacial score (nSPS) is 10.9. The van der Waals surface area contributed by atoms with E-state index in [0.717, 1.165) is 30.4 Å². The van der Waals surface area contributed by atoms with Gasteiger partial charge in [0.1, 0.15) is 5.82 Å². The Morgan fingerprint density at radius 1 is 1.39 bits per heavy atom. The van der Waals surface area contributed by atoms with Gasteiger partial charge >= 0.3 is 0 Å². The smallest absolute Gasteiger partial charge is 0.127 e. The van der Waals surface area contributed by atoms with Crippen molar-refractivity contribution in [3.8, 4) is 0 Å². The summed E-state index contributed by atoms with van der Waals surface area (Å²) in [5.41, 5.74) is 0.676. The standard InChI is InChI=1S/C14H19BrFNO/c1-2-7-17(8-3-4-9-18)11-12-10-13(15)5-6-14(12)16/h2,5-6,10,18H,1,3-4,7-9,11H2. The first-order chi connectivity index (χ1) is 8.67. The topological polar surface area (TPSA) is 23.5 Å². The van der Waals surface area contributed by atoms with E-state index in [2.05, 4.69) is 27.4 Å². The van der Waals surface area contributed by atoms with E-state index >= 15 is 0 Å². The summed E-state index contributed by atoms with van der Waals surface area (Å²) < 4.78 is 14.5. The number of aliphatic hydroxyl groups excluding tert-OH is 1. The van der Waals surface area contributed by atoms with Gasteiger partial charge in [-0.05, 0) is 37.6 Å². The van der Waals surface area contributed by atoms with Crippen molar-refractivity contribution in [2.45, 2.75) is 19.4 Å². The molecule has 0 bridgehead atoms. The molecule has 2 nitrogen and oxygen atoms in total. The molecule has 0 spiro atoms. The summed E-state index contributed by atoms with van der Waals surface area (Å²) in [4.78, 5) is 2.12. The van der Waals surface area contributed by atoms with Crippen LogP contribution < -0.4 is 0 Å². The van der Waals surface area contributed by atoms with Crippen LogP contribution in [0.4, 0.5) is 4.39 Å². The van der Waals surface area contributed by atoms with Gasteiger partial charge in [-0.25, -0.2) is 4.39 Å². The van der Waals surface area contributed by atoms with Crippen LogP contribution in [0.3, 0.4) is 0 Å². The fraction of sp³-hybridized carbons (Fsp3) is 0.429. The first-order valence-electron chi connectivity index (χ1n) is 6.05. The third-order valence-corrected chi connectivity index (χ3v) is 3.16. The van der Waals surface area contributed by atoms with Crippen molar-refractivity contribution in [2.75, 3.05) is 19.7 Å². The molecular formula is C14H19BrFNO. The highest BCUT2D eigenvalue weighted by Crippen LogP contribution is 2.17. The average Bonchev–Trinajstić information content (AvgIpc) is 2.34. The molecule has 100 valence electrons. The molecule has 0 radical (unpaired) electrons. The molecule has 18 heavy (non-hydrogen) atoms. The molecule has 1 aromatic carbocycles. The number of hydrogen-bond donors (Lipinski definition) is 1. The van der Waals surface area contributed by atoms with Crippen LogP contribution in [-0.2, 0) is 6.54 Å². The molecule has 0 unspecified atom stereocenters. The number of halogens is 2. The Kier molecular flexibility index (Phi) is 7.16. The quantitative estimate of drug-likeness (QED) is 0.587. The second-order valence-corrected chi connectivity index (χ2v) is 5.11. The Balaban J connectivity index is 2.63. The highest BCUT2D eigenvalue weighted by atomic mass is 79.9. The first-order valence-corrected chi connectivity index (χ1v) is 6.84. The van der Waals surface area contributed by atoms with Crippen molar-refractivity contribution in [2.24, 2.45) is 0 Å². The lowest BCUT2D eigenvalue weighted by Gasteiger charge is -2.21. The third-order valence-electron chi connectivity index (χ3n) is 2.67. The molecule has 0 heterocycles. The second-order valence-electron chi connectivity index (χ2n) is 4.19. The minimum Gasteiger partial charge on any atom is -0.396 e. The maximum atomic E-state index is 13.6. The Morgan fingerprint density at radius 3 is 2.83 bits per heavy atom. The lowest BCUT2D eigenvalue weighted by molar-refractivity contribution is 0.248. The zero-order chi connectivity index (χ0) is 13.4. The maximum Gasteiger partial charge on any atom is 0.127 e. The Bertz CT molecular complexity index is 384. The van der Waals surface area contributed by atoms with Gasteiger partial charge in [-0.3, -0.25) is 4.90 Å². The van der Waals surface area contributed by atoms with Gasteiger partial charge in [0.15, 0.2) is 0 Å². The van der Waals surface area contributed by atoms with Gasteiger partial charge in [0.25, 0.3) is 0 Å². The van der Waals surface area contributed by atoms with Crippen LogP contribution in [0.1, 0.15) is 18.4 Å². The summed E-state index contributed by atoms with van der Waals surface area (Å²) >= 11 is 3.35. The van der Waals surface area contributed by atoms with E-state index in [4.69, 9.17) is 5.11 Å². The van der Waals surface area contributed by atoms with Crippen LogP contribution >= 0.6 is 15.9 Å². The molecule has 0 atom stereocenters. The minimum atomic E-state index is -0.186. The third kappa shape index (κ3) is 5.29. The van der Waals surface area contributed by atoms with Crippen molar-refractivity contribution in [3.63, 3.8) is 0 Å². The zero-order valence-corrected chi connectivity index (χ0v) is 12.0. The molecule has 0 saturated carbocycles. The summed E-state index contributed by atoms with van der Waals surface area (Å²) in [6.07, 6.45) is 3.49. The number of aliphatic hydroxyl groups is 1. The molecule has 1 N–H and O–H groups in total. The van der Waals surface area contributed by atoms with Gasteiger partial charge in [-0.15, -0.1) is 6.58 Å². The van der Waals surface area contributed by atoms with Crippen LogP contribution in [0.5, 0.6) is 0 Å². The highest BCUT2D eigenvalue weighted by Gasteiger charge is 2.08. The molecule has 1 rings (SSSR count). The van der Waals surface area contributed by atoms with E-state index in [0.29, 0.717) is 12.1 Å². The van der Waals surface area contributed by atoms with Crippen molar-refractivity contribution in [1.82, 2.24) is 4.90 Å². The van der Waals surface area contributed by atoms with Crippen LogP contribution in [0.25, 0.3) is 0 Å². The zero-order valence-electron chi connectivity index (χ0n) is 10.4. The van der Waals surface area contributed by atoms with E-state index in [-0.39, 0.29) is 12.4 Å². The number of nitrogens with zero attached hydrogens (tertiary/aromatic N) is 1. The summed E-state index contributed by atoms with van der Waals surface area (Å²) in [7, 11) is 0. The average molecular weight is 316 g/mol. The Morgan fingerprint density at radius 2 is 2.17 bits per heavy atom. The lowest BCUT2D eigenvalue weighted by atomic mass is 10.2. The van der Waals surface area contributed by atoms with E-state index in [1.165, 1.54) is 6.07 Å². The minimum absolute atomic E-state index is 0.186. The van der Waals surface area contributed by atoms with Gasteiger partial charge in [-0.2, -0.15) is 0 Å². The molecule has 0 amide bonds. The van der Waals surface area contributed by atoms with Crippen LogP contribution in [0.15, 0.2) is 35.3 Å². The lowest BCUT2D eigenvalue weighted by Crippen LogP contribution is -2.25. The van der Waals surface area contributed by atoms with E-state index in [9.17, 15) is 4.39 Å². The highest BCUT2D eigenvalue weighted by molar-refractivity contribution is 9.10. The summed E-state index contributed by atoms with van der Waals surface area (Å²) in [6.45, 7) is 6.03. The Hall–Kier alpha value is -0.710. The molecule has 0 saturated heterocycles. The predicted molar refractivity (Wildman–Crippen MR) is 75.9 cm³/mol. The van der Waals surface area contributed by atoms with Gasteiger partial charge in [0.05, 0.1) is 0 Å². The number of benzene rings is 1. The second kappa shape index (κ2) is 8.40. The SMILES string of the molecule is C=CCN(CCCCO)Cc1cc(Br)ccc1F. The fourth-order valence-corrected chi connectivity index (χ4v) is 2.18. The van der Waals surface area contributed by atoms with Gasteiger partial charge < -0.3 is 5.11 Å². The number of hydrogen-bond acceptors (Lipinski definition) is 2. The molecule has 4 heteroatoms. The van der Waals surface area contributed by atoms with Gasteiger partial charge in [0.2, 0.25) is 0 Å². The molecular weight excluding hydrogens is 297 g/mol. The molecule has 0 aromatic heterocycles. The van der Waals surface area contributed by atoms with E-state index in [1.54, 1.807) is 12.1 Å². The van der Waals surface area contributed by atoms with Crippen molar-refractivity contribution in [1.29, 1.82) is 0 Å². The van der Waals surface area contributed by atoms with Gasteiger partial charge in [-0.1, -0.05) is 22.0 Å². The Labute approximate surface area is 116 Å². The largest absolute Gasteiger partial charge is 0.396 e. The van der Waals surface area contributed by atoms with Crippen molar-refractivity contribution >= 4 is 15.9 Å². The van der Waals surface area contributed by atoms with E-state index < -0.39 is 0 Å². The summed E-state index contributed by atoms with van der Waals surface area (Å²) in [5, 5.41) is 8.77. The molecule has 0 aliphatic rings. The molecule has 0 aliphatic heterocycles. The molecule has 0 fully saturated rings. The van der Waals surface area contributed by atoms with Crippen LogP contribution in [0.2, 0.25) is 0 Å². The molecule has 1 aromatic rings. The first kappa shape index (κ1) is 15.3. The van der Waals surface area contributed by atoms with Gasteiger partial charge in [0, 0.05) is 29.7 Å².